The Morgan fingerprint density at radius 2 is 2.00 bits per heavy atom. The van der Waals surface area contributed by atoms with Gasteiger partial charge in [0.15, 0.2) is 5.82 Å². The van der Waals surface area contributed by atoms with E-state index in [0.717, 1.165) is 19.4 Å². The summed E-state index contributed by atoms with van der Waals surface area (Å²) in [5, 5.41) is 3.33. The highest BCUT2D eigenvalue weighted by atomic mass is 32.2. The van der Waals surface area contributed by atoms with Crippen LogP contribution in [-0.4, -0.2) is 34.1 Å². The number of rotatable bonds is 8. The molecule has 0 aliphatic rings. The smallest absolute Gasteiger partial charge is 0.242 e. The van der Waals surface area contributed by atoms with Crippen LogP contribution >= 0.6 is 11.8 Å². The van der Waals surface area contributed by atoms with Gasteiger partial charge in [0.1, 0.15) is 12.0 Å². The maximum atomic E-state index is 6.00. The number of aromatic nitrogens is 2. The number of hydrogen-bond donors (Lipinski definition) is 2. The normalized spacial score (nSPS) is 11.4. The first-order valence-electron chi connectivity index (χ1n) is 6.64. The molecule has 0 aliphatic carbocycles. The van der Waals surface area contributed by atoms with Crippen LogP contribution in [0.3, 0.4) is 0 Å². The second-order valence-corrected chi connectivity index (χ2v) is 5.60. The van der Waals surface area contributed by atoms with Gasteiger partial charge in [-0.05, 0) is 26.0 Å². The molecule has 0 bridgehead atoms. The van der Waals surface area contributed by atoms with E-state index in [1.165, 1.54) is 6.33 Å². The summed E-state index contributed by atoms with van der Waals surface area (Å²) in [7, 11) is 0. The highest BCUT2D eigenvalue weighted by Gasteiger charge is 2.25. The number of nitrogens with zero attached hydrogens (tertiary/aromatic N) is 2. The molecular formula is C13H24N4OS. The van der Waals surface area contributed by atoms with E-state index in [9.17, 15) is 0 Å². The first-order chi connectivity index (χ1) is 9.12. The van der Waals surface area contributed by atoms with Crippen LogP contribution in [0, 0.1) is 0 Å². The summed E-state index contributed by atoms with van der Waals surface area (Å²) in [6, 6.07) is 0. The van der Waals surface area contributed by atoms with Gasteiger partial charge in [-0.1, -0.05) is 13.8 Å². The minimum Gasteiger partial charge on any atom is -0.476 e. The average molecular weight is 284 g/mol. The minimum atomic E-state index is 0.211. The zero-order valence-electron chi connectivity index (χ0n) is 12.2. The van der Waals surface area contributed by atoms with Crippen molar-refractivity contribution in [1.29, 1.82) is 0 Å². The van der Waals surface area contributed by atoms with Crippen molar-refractivity contribution in [2.75, 3.05) is 30.5 Å². The second kappa shape index (κ2) is 7.43. The number of nitrogen functional groups attached to an aromatic ring is 1. The van der Waals surface area contributed by atoms with E-state index < -0.39 is 0 Å². The topological polar surface area (TPSA) is 73.1 Å². The predicted octanol–water partition coefficient (Wildman–Crippen LogP) is 2.79. The molecule has 1 aromatic rings. The lowest BCUT2D eigenvalue weighted by Gasteiger charge is -2.30. The van der Waals surface area contributed by atoms with Gasteiger partial charge in [0.25, 0.3) is 0 Å². The minimum absolute atomic E-state index is 0.211. The summed E-state index contributed by atoms with van der Waals surface area (Å²) in [5.41, 5.74) is 6.48. The molecule has 0 saturated carbocycles. The Bertz CT molecular complexity index is 388. The van der Waals surface area contributed by atoms with Gasteiger partial charge >= 0.3 is 0 Å². The van der Waals surface area contributed by atoms with E-state index in [0.29, 0.717) is 24.0 Å². The molecule has 108 valence electrons. The van der Waals surface area contributed by atoms with E-state index in [1.54, 1.807) is 0 Å². The molecule has 0 unspecified atom stereocenters. The number of nitrogens with two attached hydrogens (primary N) is 1. The Kier molecular flexibility index (Phi) is 6.21. The van der Waals surface area contributed by atoms with Crippen molar-refractivity contribution in [3.05, 3.63) is 6.33 Å². The molecule has 0 aromatic carbocycles. The molecule has 1 heterocycles. The molecule has 19 heavy (non-hydrogen) atoms. The van der Waals surface area contributed by atoms with Crippen molar-refractivity contribution in [2.24, 2.45) is 0 Å². The third kappa shape index (κ3) is 3.89. The number of anilines is 2. The molecule has 0 atom stereocenters. The van der Waals surface area contributed by atoms with Crippen molar-refractivity contribution >= 4 is 23.3 Å². The molecule has 5 nitrogen and oxygen atoms in total. The second-order valence-electron chi connectivity index (χ2n) is 4.32. The Hall–Kier alpha value is -1.17. The van der Waals surface area contributed by atoms with Crippen molar-refractivity contribution in [3.63, 3.8) is 0 Å². The van der Waals surface area contributed by atoms with Crippen molar-refractivity contribution in [1.82, 2.24) is 9.97 Å². The first kappa shape index (κ1) is 15.9. The number of thioether (sulfide) groups is 1. The summed E-state index contributed by atoms with van der Waals surface area (Å²) in [6.07, 6.45) is 5.81. The predicted molar refractivity (Wildman–Crippen MR) is 82.9 cm³/mol. The molecule has 0 spiro atoms. The van der Waals surface area contributed by atoms with E-state index in [1.807, 2.05) is 18.7 Å². The Balaban J connectivity index is 2.80. The molecule has 1 aromatic heterocycles. The van der Waals surface area contributed by atoms with Crippen LogP contribution in [0.4, 0.5) is 11.5 Å². The Morgan fingerprint density at radius 3 is 2.53 bits per heavy atom. The van der Waals surface area contributed by atoms with Crippen LogP contribution in [0.5, 0.6) is 5.88 Å². The van der Waals surface area contributed by atoms with Crippen LogP contribution in [0.1, 0.15) is 33.6 Å². The Morgan fingerprint density at radius 1 is 1.32 bits per heavy atom. The molecule has 0 aliphatic heterocycles. The number of nitrogens with one attached hydrogen (secondary N) is 1. The maximum Gasteiger partial charge on any atom is 0.242 e. The monoisotopic (exact) mass is 284 g/mol. The lowest BCUT2D eigenvalue weighted by molar-refractivity contribution is 0.328. The fourth-order valence-corrected chi connectivity index (χ4v) is 2.67. The van der Waals surface area contributed by atoms with E-state index in [4.69, 9.17) is 10.5 Å². The van der Waals surface area contributed by atoms with Crippen LogP contribution in [0.2, 0.25) is 0 Å². The van der Waals surface area contributed by atoms with Crippen molar-refractivity contribution in [3.8, 4) is 5.88 Å². The van der Waals surface area contributed by atoms with Crippen LogP contribution < -0.4 is 15.8 Å². The van der Waals surface area contributed by atoms with Crippen LogP contribution in [0.15, 0.2) is 6.33 Å². The van der Waals surface area contributed by atoms with Gasteiger partial charge in [-0.2, -0.15) is 16.7 Å². The molecule has 0 radical (unpaired) electrons. The summed E-state index contributed by atoms with van der Waals surface area (Å²) in [4.78, 5) is 8.22. The zero-order valence-corrected chi connectivity index (χ0v) is 13.0. The van der Waals surface area contributed by atoms with Gasteiger partial charge < -0.3 is 15.8 Å². The number of ether oxygens (including phenoxy) is 1. The average Bonchev–Trinajstić information content (AvgIpc) is 2.45. The molecule has 1 rings (SSSR count). The Labute approximate surface area is 119 Å². The van der Waals surface area contributed by atoms with Crippen molar-refractivity contribution in [2.45, 2.75) is 38.4 Å². The quantitative estimate of drug-likeness (QED) is 0.764. The van der Waals surface area contributed by atoms with Gasteiger partial charge in [0, 0.05) is 11.3 Å². The molecule has 3 N–H and O–H groups in total. The van der Waals surface area contributed by atoms with Crippen molar-refractivity contribution < 1.29 is 4.74 Å². The first-order valence-corrected chi connectivity index (χ1v) is 7.87. The standard InChI is InChI=1S/C13H24N4OS/c1-5-13(6-2,19-4)8-15-11-10(14)12(18-7-3)17-9-16-11/h9H,5-8,14H2,1-4H3,(H,15,16,17). The van der Waals surface area contributed by atoms with E-state index in [-0.39, 0.29) is 4.75 Å². The van der Waals surface area contributed by atoms with Gasteiger partial charge in [0.2, 0.25) is 5.88 Å². The lowest BCUT2D eigenvalue weighted by atomic mass is 10.0. The maximum absolute atomic E-state index is 6.00. The third-order valence-electron chi connectivity index (χ3n) is 3.43. The van der Waals surface area contributed by atoms with Gasteiger partial charge in [-0.15, -0.1) is 0 Å². The molecule has 6 heteroatoms. The van der Waals surface area contributed by atoms with Gasteiger partial charge in [0.05, 0.1) is 6.61 Å². The third-order valence-corrected chi connectivity index (χ3v) is 5.02. The molecule has 0 fully saturated rings. The van der Waals surface area contributed by atoms with Gasteiger partial charge in [-0.3, -0.25) is 0 Å². The molecule has 0 amide bonds. The van der Waals surface area contributed by atoms with E-state index in [2.05, 4.69) is 35.4 Å². The largest absolute Gasteiger partial charge is 0.476 e. The fraction of sp³-hybridized carbons (Fsp3) is 0.692. The highest BCUT2D eigenvalue weighted by Crippen LogP contribution is 2.32. The molecular weight excluding hydrogens is 260 g/mol. The lowest BCUT2D eigenvalue weighted by Crippen LogP contribution is -2.32. The van der Waals surface area contributed by atoms with Crippen LogP contribution in [0.25, 0.3) is 0 Å². The highest BCUT2D eigenvalue weighted by molar-refractivity contribution is 8.00. The van der Waals surface area contributed by atoms with E-state index >= 15 is 0 Å². The fourth-order valence-electron chi connectivity index (χ4n) is 1.88. The molecule has 0 saturated heterocycles. The summed E-state index contributed by atoms with van der Waals surface area (Å²) < 4.78 is 5.58. The van der Waals surface area contributed by atoms with Crippen LogP contribution in [-0.2, 0) is 0 Å². The zero-order chi connectivity index (χ0) is 14.3. The summed E-state index contributed by atoms with van der Waals surface area (Å²) in [6.45, 7) is 7.68. The number of hydrogen-bond acceptors (Lipinski definition) is 6. The van der Waals surface area contributed by atoms with Gasteiger partial charge in [-0.25, -0.2) is 4.98 Å². The summed E-state index contributed by atoms with van der Waals surface area (Å²) >= 11 is 1.88. The SMILES string of the molecule is CCOc1ncnc(NCC(CC)(CC)SC)c1N. The summed E-state index contributed by atoms with van der Waals surface area (Å²) in [5.74, 6) is 1.10.